The van der Waals surface area contributed by atoms with Crippen molar-refractivity contribution in [2.45, 2.75) is 13.5 Å². The van der Waals surface area contributed by atoms with Gasteiger partial charge in [-0.15, -0.1) is 0 Å². The normalized spacial score (nSPS) is 10.7. The van der Waals surface area contributed by atoms with E-state index in [0.29, 0.717) is 0 Å². The molecule has 2 rings (SSSR count). The van der Waals surface area contributed by atoms with E-state index in [4.69, 9.17) is 0 Å². The molecule has 0 atom stereocenters. The predicted octanol–water partition coefficient (Wildman–Crippen LogP) is 2.11. The van der Waals surface area contributed by atoms with Gasteiger partial charge in [0.05, 0.1) is 11.4 Å². The van der Waals surface area contributed by atoms with Gasteiger partial charge in [0.25, 0.3) is 0 Å². The topological polar surface area (TPSA) is 29.9 Å². The van der Waals surface area contributed by atoms with Gasteiger partial charge in [-0.25, -0.2) is 0 Å². The molecule has 3 heteroatoms. The van der Waals surface area contributed by atoms with Gasteiger partial charge in [0.15, 0.2) is 0 Å². The van der Waals surface area contributed by atoms with Crippen LogP contribution in [0.1, 0.15) is 11.3 Å². The van der Waals surface area contributed by atoms with Crippen LogP contribution in [0.4, 0.5) is 0 Å². The molecule has 0 fully saturated rings. The van der Waals surface area contributed by atoms with Crippen LogP contribution in [0.2, 0.25) is 0 Å². The summed E-state index contributed by atoms with van der Waals surface area (Å²) in [5, 5.41) is 7.59. The molecular formula is C13H17N3. The Bertz CT molecular complexity index is 486. The van der Waals surface area contributed by atoms with Gasteiger partial charge >= 0.3 is 0 Å². The summed E-state index contributed by atoms with van der Waals surface area (Å²) in [5.41, 5.74) is 4.77. The molecule has 3 nitrogen and oxygen atoms in total. The smallest absolute Gasteiger partial charge is 0.0768 e. The largest absolute Gasteiger partial charge is 0.314 e. The maximum atomic E-state index is 4.47. The first-order chi connectivity index (χ1) is 7.72. The highest BCUT2D eigenvalue weighted by Crippen LogP contribution is 2.23. The Morgan fingerprint density at radius 1 is 1.31 bits per heavy atom. The number of aromatic nitrogens is 2. The molecule has 0 saturated heterocycles. The van der Waals surface area contributed by atoms with Crippen LogP contribution in [0.25, 0.3) is 11.3 Å². The average molecular weight is 215 g/mol. The van der Waals surface area contributed by atoms with Crippen molar-refractivity contribution in [3.8, 4) is 11.3 Å². The highest BCUT2D eigenvalue weighted by molar-refractivity contribution is 5.64. The zero-order valence-corrected chi connectivity index (χ0v) is 9.99. The summed E-state index contributed by atoms with van der Waals surface area (Å²) in [6.45, 7) is 2.93. The number of nitrogens with zero attached hydrogens (tertiary/aromatic N) is 2. The Hall–Kier alpha value is -1.61. The minimum atomic E-state index is 0.805. The van der Waals surface area contributed by atoms with E-state index < -0.39 is 0 Å². The molecule has 2 aromatic rings. The van der Waals surface area contributed by atoms with E-state index in [1.165, 1.54) is 16.8 Å². The SMILES string of the molecule is CNCc1cc(-c2ccccc2C)n(C)n1. The zero-order chi connectivity index (χ0) is 11.5. The highest BCUT2D eigenvalue weighted by atomic mass is 15.3. The first-order valence-electron chi connectivity index (χ1n) is 5.46. The van der Waals surface area contributed by atoms with Gasteiger partial charge in [0.2, 0.25) is 0 Å². The molecule has 1 heterocycles. The van der Waals surface area contributed by atoms with Crippen LogP contribution in [0, 0.1) is 6.92 Å². The van der Waals surface area contributed by atoms with Crippen LogP contribution in [0.5, 0.6) is 0 Å². The molecule has 0 aliphatic rings. The third-order valence-electron chi connectivity index (χ3n) is 2.71. The predicted molar refractivity (Wildman–Crippen MR) is 66.1 cm³/mol. The van der Waals surface area contributed by atoms with Crippen LogP contribution < -0.4 is 5.32 Å². The lowest BCUT2D eigenvalue weighted by Gasteiger charge is -2.04. The monoisotopic (exact) mass is 215 g/mol. The van der Waals surface area contributed by atoms with Crippen molar-refractivity contribution in [3.63, 3.8) is 0 Å². The number of hydrogen-bond acceptors (Lipinski definition) is 2. The molecule has 1 aromatic heterocycles. The van der Waals surface area contributed by atoms with Crippen molar-refractivity contribution in [1.82, 2.24) is 15.1 Å². The van der Waals surface area contributed by atoms with E-state index in [1.807, 2.05) is 18.8 Å². The zero-order valence-electron chi connectivity index (χ0n) is 9.99. The first kappa shape index (κ1) is 10.9. The second-order valence-electron chi connectivity index (χ2n) is 3.99. The van der Waals surface area contributed by atoms with E-state index in [-0.39, 0.29) is 0 Å². The van der Waals surface area contributed by atoms with Crippen LogP contribution in [-0.2, 0) is 13.6 Å². The van der Waals surface area contributed by atoms with Crippen molar-refractivity contribution in [1.29, 1.82) is 0 Å². The fourth-order valence-corrected chi connectivity index (χ4v) is 1.91. The standard InChI is InChI=1S/C13H17N3/c1-10-6-4-5-7-12(10)13-8-11(9-14-2)15-16(13)3/h4-8,14H,9H2,1-3H3. The summed E-state index contributed by atoms with van der Waals surface area (Å²) in [5.74, 6) is 0. The van der Waals surface area contributed by atoms with Crippen molar-refractivity contribution >= 4 is 0 Å². The Kier molecular flexibility index (Phi) is 3.06. The van der Waals surface area contributed by atoms with Crippen molar-refractivity contribution in [2.24, 2.45) is 7.05 Å². The van der Waals surface area contributed by atoms with Crippen molar-refractivity contribution in [3.05, 3.63) is 41.6 Å². The maximum Gasteiger partial charge on any atom is 0.0768 e. The summed E-state index contributed by atoms with van der Waals surface area (Å²) < 4.78 is 1.94. The molecule has 1 N–H and O–H groups in total. The number of hydrogen-bond donors (Lipinski definition) is 1. The van der Waals surface area contributed by atoms with E-state index in [2.05, 4.69) is 47.7 Å². The Labute approximate surface area is 96.1 Å². The molecule has 16 heavy (non-hydrogen) atoms. The minimum Gasteiger partial charge on any atom is -0.314 e. The molecule has 0 saturated carbocycles. The van der Waals surface area contributed by atoms with Gasteiger partial charge in [-0.1, -0.05) is 24.3 Å². The molecule has 0 radical (unpaired) electrons. The molecule has 0 aliphatic heterocycles. The Morgan fingerprint density at radius 2 is 2.06 bits per heavy atom. The molecule has 84 valence electrons. The summed E-state index contributed by atoms with van der Waals surface area (Å²) >= 11 is 0. The number of rotatable bonds is 3. The summed E-state index contributed by atoms with van der Waals surface area (Å²) in [6.07, 6.45) is 0. The molecule has 0 unspecified atom stereocenters. The van der Waals surface area contributed by atoms with E-state index in [0.717, 1.165) is 12.2 Å². The number of aryl methyl sites for hydroxylation is 2. The first-order valence-corrected chi connectivity index (χ1v) is 5.46. The number of nitrogens with one attached hydrogen (secondary N) is 1. The van der Waals surface area contributed by atoms with Crippen molar-refractivity contribution < 1.29 is 0 Å². The molecule has 1 aromatic carbocycles. The second-order valence-corrected chi connectivity index (χ2v) is 3.99. The highest BCUT2D eigenvalue weighted by Gasteiger charge is 2.08. The van der Waals surface area contributed by atoms with Gasteiger partial charge in [-0.05, 0) is 25.6 Å². The Balaban J connectivity index is 2.44. The molecular weight excluding hydrogens is 198 g/mol. The quantitative estimate of drug-likeness (QED) is 0.850. The fourth-order valence-electron chi connectivity index (χ4n) is 1.91. The lowest BCUT2D eigenvalue weighted by Crippen LogP contribution is -2.05. The maximum absolute atomic E-state index is 4.47. The number of benzene rings is 1. The van der Waals surface area contributed by atoms with Crippen LogP contribution in [-0.4, -0.2) is 16.8 Å². The fraction of sp³-hybridized carbons (Fsp3) is 0.308. The van der Waals surface area contributed by atoms with E-state index in [1.54, 1.807) is 0 Å². The van der Waals surface area contributed by atoms with Crippen LogP contribution in [0.3, 0.4) is 0 Å². The van der Waals surface area contributed by atoms with E-state index in [9.17, 15) is 0 Å². The van der Waals surface area contributed by atoms with Crippen LogP contribution in [0.15, 0.2) is 30.3 Å². The third-order valence-corrected chi connectivity index (χ3v) is 2.71. The average Bonchev–Trinajstić information content (AvgIpc) is 2.61. The summed E-state index contributed by atoms with van der Waals surface area (Å²) in [4.78, 5) is 0. The molecule has 0 amide bonds. The minimum absolute atomic E-state index is 0.805. The molecule has 0 spiro atoms. The lowest BCUT2D eigenvalue weighted by atomic mass is 10.1. The van der Waals surface area contributed by atoms with Crippen molar-refractivity contribution in [2.75, 3.05) is 7.05 Å². The summed E-state index contributed by atoms with van der Waals surface area (Å²) in [6, 6.07) is 10.5. The van der Waals surface area contributed by atoms with E-state index >= 15 is 0 Å². The van der Waals surface area contributed by atoms with Gasteiger partial charge in [-0.2, -0.15) is 5.10 Å². The lowest BCUT2D eigenvalue weighted by molar-refractivity contribution is 0.716. The Morgan fingerprint density at radius 3 is 2.75 bits per heavy atom. The molecule has 0 aliphatic carbocycles. The molecule has 0 bridgehead atoms. The summed E-state index contributed by atoms with van der Waals surface area (Å²) in [7, 11) is 3.92. The van der Waals surface area contributed by atoms with Gasteiger partial charge in [0, 0.05) is 19.2 Å². The van der Waals surface area contributed by atoms with Gasteiger partial charge < -0.3 is 5.32 Å². The second kappa shape index (κ2) is 4.49. The van der Waals surface area contributed by atoms with Gasteiger partial charge in [0.1, 0.15) is 0 Å². The van der Waals surface area contributed by atoms with Crippen LogP contribution >= 0.6 is 0 Å². The van der Waals surface area contributed by atoms with Gasteiger partial charge in [-0.3, -0.25) is 4.68 Å². The third kappa shape index (κ3) is 1.99.